The second kappa shape index (κ2) is 8.14. The van der Waals surface area contributed by atoms with Gasteiger partial charge in [0.15, 0.2) is 0 Å². The van der Waals surface area contributed by atoms with Gasteiger partial charge in [-0.25, -0.2) is 24.3 Å². The van der Waals surface area contributed by atoms with Gasteiger partial charge in [-0.1, -0.05) is 0 Å². The van der Waals surface area contributed by atoms with Gasteiger partial charge in [0.25, 0.3) is 0 Å². The molecule has 0 nitrogen and oxygen atoms in total. The summed E-state index contributed by atoms with van der Waals surface area (Å²) in [6.45, 7) is 0. The van der Waals surface area contributed by atoms with Gasteiger partial charge >= 0.3 is 17.4 Å². The van der Waals surface area contributed by atoms with Crippen LogP contribution in [0.4, 0.5) is 0 Å². The zero-order valence-corrected chi connectivity index (χ0v) is 9.22. The Bertz CT molecular complexity index is 241. The van der Waals surface area contributed by atoms with Gasteiger partial charge in [0.05, 0.1) is 0 Å². The molecule has 0 aliphatic heterocycles. The van der Waals surface area contributed by atoms with Gasteiger partial charge in [0.2, 0.25) is 0 Å². The van der Waals surface area contributed by atoms with Crippen LogP contribution >= 0.6 is 11.6 Å². The first-order chi connectivity index (χ1) is 5.93. The summed E-state index contributed by atoms with van der Waals surface area (Å²) in [4.78, 5) is 0. The van der Waals surface area contributed by atoms with Crippen molar-refractivity contribution in [3.05, 3.63) is 60.2 Å². The summed E-state index contributed by atoms with van der Waals surface area (Å²) in [5.74, 6) is 0.632. The molecule has 2 rings (SSSR count). The fourth-order valence-electron chi connectivity index (χ4n) is 0.824. The molecule has 0 heterocycles. The van der Waals surface area contributed by atoms with E-state index in [9.17, 15) is 0 Å². The Morgan fingerprint density at radius 2 is 1.54 bits per heavy atom. The standard InChI is InChI=1S/C6H6Cl.C5H5.Cr/c7-5-6-3-1-2-4-6;1-2-4-5-3-1;/h1-4H,5H2;1-5H;/q2*-1;+2. The van der Waals surface area contributed by atoms with Crippen LogP contribution in [0.15, 0.2) is 54.6 Å². The van der Waals surface area contributed by atoms with Crippen molar-refractivity contribution < 1.29 is 17.4 Å². The number of rotatable bonds is 1. The van der Waals surface area contributed by atoms with Crippen molar-refractivity contribution >= 4 is 11.6 Å². The van der Waals surface area contributed by atoms with Crippen LogP contribution in [0.3, 0.4) is 0 Å². The molecule has 0 amide bonds. The zero-order chi connectivity index (χ0) is 8.65. The molecular weight excluding hydrogens is 220 g/mol. The first-order valence-corrected chi connectivity index (χ1v) is 4.40. The molecule has 0 unspecified atom stereocenters. The predicted molar refractivity (Wildman–Crippen MR) is 53.6 cm³/mol. The fourth-order valence-corrected chi connectivity index (χ4v) is 1.00. The largest absolute Gasteiger partial charge is 2.00 e. The third-order valence-corrected chi connectivity index (χ3v) is 1.75. The normalized spacial score (nSPS) is 8.08. The fraction of sp³-hybridized carbons (Fsp3) is 0.0909. The maximum absolute atomic E-state index is 5.47. The van der Waals surface area contributed by atoms with E-state index in [1.807, 2.05) is 54.6 Å². The Labute approximate surface area is 95.0 Å². The first-order valence-electron chi connectivity index (χ1n) is 3.86. The minimum Gasteiger partial charge on any atom is -0.214 e. The second-order valence-electron chi connectivity index (χ2n) is 2.39. The molecule has 0 radical (unpaired) electrons. The number of halogens is 1. The summed E-state index contributed by atoms with van der Waals surface area (Å²) in [6, 6.07) is 18.0. The van der Waals surface area contributed by atoms with E-state index < -0.39 is 0 Å². The smallest absolute Gasteiger partial charge is 0.214 e. The summed E-state index contributed by atoms with van der Waals surface area (Å²) in [5.41, 5.74) is 1.20. The molecule has 0 N–H and O–H groups in total. The Kier molecular flexibility index (Phi) is 7.84. The van der Waals surface area contributed by atoms with E-state index in [4.69, 9.17) is 11.6 Å². The van der Waals surface area contributed by atoms with Gasteiger partial charge in [-0.3, -0.25) is 0 Å². The molecule has 0 spiro atoms. The predicted octanol–water partition coefficient (Wildman–Crippen LogP) is 3.55. The molecule has 0 fully saturated rings. The molecule has 0 atom stereocenters. The molecule has 0 saturated carbocycles. The third kappa shape index (κ3) is 5.71. The quantitative estimate of drug-likeness (QED) is 0.519. The monoisotopic (exact) mass is 230 g/mol. The van der Waals surface area contributed by atoms with E-state index in [-0.39, 0.29) is 17.4 Å². The number of hydrogen-bond acceptors (Lipinski definition) is 0. The molecule has 0 aliphatic carbocycles. The molecule has 68 valence electrons. The van der Waals surface area contributed by atoms with Crippen molar-refractivity contribution in [1.29, 1.82) is 0 Å². The molecule has 2 aromatic rings. The third-order valence-electron chi connectivity index (χ3n) is 1.44. The molecule has 0 bridgehead atoms. The van der Waals surface area contributed by atoms with E-state index in [2.05, 4.69) is 0 Å². The van der Waals surface area contributed by atoms with E-state index in [1.54, 1.807) is 0 Å². The van der Waals surface area contributed by atoms with Gasteiger partial charge in [-0.05, 0) is 0 Å². The van der Waals surface area contributed by atoms with Crippen molar-refractivity contribution in [2.45, 2.75) is 5.88 Å². The minimum atomic E-state index is 0. The molecule has 2 aromatic carbocycles. The molecule has 13 heavy (non-hydrogen) atoms. The Hall–Kier alpha value is -0.478. The van der Waals surface area contributed by atoms with Crippen molar-refractivity contribution in [3.8, 4) is 0 Å². The Morgan fingerprint density at radius 3 is 1.77 bits per heavy atom. The maximum atomic E-state index is 5.47. The summed E-state index contributed by atoms with van der Waals surface area (Å²) in [6.07, 6.45) is 0. The van der Waals surface area contributed by atoms with Crippen LogP contribution in [0.2, 0.25) is 0 Å². The van der Waals surface area contributed by atoms with E-state index in [0.717, 1.165) is 0 Å². The molecule has 0 aromatic heterocycles. The zero-order valence-electron chi connectivity index (χ0n) is 7.19. The summed E-state index contributed by atoms with van der Waals surface area (Å²) >= 11 is 5.47. The average molecular weight is 231 g/mol. The van der Waals surface area contributed by atoms with Crippen LogP contribution in [0, 0.1) is 0 Å². The molecular formula is C11H11ClCr. The second-order valence-corrected chi connectivity index (χ2v) is 2.66. The number of alkyl halides is 1. The van der Waals surface area contributed by atoms with Crippen molar-refractivity contribution in [2.24, 2.45) is 0 Å². The maximum Gasteiger partial charge on any atom is 2.00 e. The topological polar surface area (TPSA) is 0 Å². The summed E-state index contributed by atoms with van der Waals surface area (Å²) < 4.78 is 0. The Balaban J connectivity index is 0.000000215. The van der Waals surface area contributed by atoms with Gasteiger partial charge in [0, 0.05) is 5.88 Å². The van der Waals surface area contributed by atoms with E-state index >= 15 is 0 Å². The van der Waals surface area contributed by atoms with Crippen LogP contribution < -0.4 is 0 Å². The van der Waals surface area contributed by atoms with Crippen LogP contribution in [0.25, 0.3) is 0 Å². The van der Waals surface area contributed by atoms with Crippen molar-refractivity contribution in [3.63, 3.8) is 0 Å². The van der Waals surface area contributed by atoms with Gasteiger partial charge in [-0.2, -0.15) is 30.3 Å². The van der Waals surface area contributed by atoms with Gasteiger partial charge in [-0.15, -0.1) is 17.2 Å². The van der Waals surface area contributed by atoms with E-state index in [0.29, 0.717) is 5.88 Å². The summed E-state index contributed by atoms with van der Waals surface area (Å²) in [5, 5.41) is 0. The molecule has 0 aliphatic rings. The molecule has 2 heteroatoms. The van der Waals surface area contributed by atoms with Gasteiger partial charge < -0.3 is 0 Å². The van der Waals surface area contributed by atoms with Crippen LogP contribution in [-0.2, 0) is 23.2 Å². The minimum absolute atomic E-state index is 0. The SMILES string of the molecule is ClC[c-]1cccc1.[Cr+2].c1cc[cH-]c1. The van der Waals surface area contributed by atoms with Crippen LogP contribution in [0.1, 0.15) is 5.56 Å². The van der Waals surface area contributed by atoms with Crippen molar-refractivity contribution in [2.75, 3.05) is 0 Å². The number of hydrogen-bond donors (Lipinski definition) is 0. The van der Waals surface area contributed by atoms with Crippen LogP contribution in [-0.4, -0.2) is 0 Å². The summed E-state index contributed by atoms with van der Waals surface area (Å²) in [7, 11) is 0. The van der Waals surface area contributed by atoms with E-state index in [1.165, 1.54) is 5.56 Å². The van der Waals surface area contributed by atoms with Crippen molar-refractivity contribution in [1.82, 2.24) is 0 Å². The molecule has 0 saturated heterocycles. The Morgan fingerprint density at radius 1 is 1.00 bits per heavy atom. The van der Waals surface area contributed by atoms with Crippen LogP contribution in [0.5, 0.6) is 0 Å². The average Bonchev–Trinajstić information content (AvgIpc) is 2.81. The first kappa shape index (κ1) is 12.5. The van der Waals surface area contributed by atoms with Gasteiger partial charge in [0.1, 0.15) is 0 Å².